The second kappa shape index (κ2) is 1.23. The lowest BCUT2D eigenvalue weighted by Crippen LogP contribution is -2.74. The third-order valence-electron chi connectivity index (χ3n) is 1.87. The van der Waals surface area contributed by atoms with Crippen LogP contribution in [0, 0.1) is 0 Å². The molecule has 3 saturated heterocycles. The zero-order valence-electron chi connectivity index (χ0n) is 4.65. The van der Waals surface area contributed by atoms with Crippen LogP contribution in [0.15, 0.2) is 0 Å². The molecule has 0 radical (unpaired) electrons. The Morgan fingerprint density at radius 2 is 2.38 bits per heavy atom. The monoisotopic (exact) mass is 114 g/mol. The van der Waals surface area contributed by atoms with Crippen LogP contribution in [-0.4, -0.2) is 30.0 Å². The van der Waals surface area contributed by atoms with Crippen molar-refractivity contribution in [1.82, 2.24) is 10.6 Å². The van der Waals surface area contributed by atoms with Crippen LogP contribution in [-0.2, 0) is 0 Å². The van der Waals surface area contributed by atoms with E-state index in [4.69, 9.17) is 0 Å². The van der Waals surface area contributed by atoms with Crippen LogP contribution in [0.3, 0.4) is 0 Å². The van der Waals surface area contributed by atoms with E-state index in [1.165, 1.54) is 0 Å². The molecule has 3 aliphatic heterocycles. The number of fused-ring (bicyclic) bond motifs is 2. The van der Waals surface area contributed by atoms with Gasteiger partial charge in [0.2, 0.25) is 0 Å². The van der Waals surface area contributed by atoms with Crippen LogP contribution in [0.5, 0.6) is 0 Å². The summed E-state index contributed by atoms with van der Waals surface area (Å²) in [5, 5.41) is 15.4. The fourth-order valence-electron chi connectivity index (χ4n) is 1.47. The van der Waals surface area contributed by atoms with Crippen molar-refractivity contribution in [1.29, 1.82) is 0 Å². The van der Waals surface area contributed by atoms with Crippen molar-refractivity contribution in [3.63, 3.8) is 0 Å². The lowest BCUT2D eigenvalue weighted by atomic mass is 9.89. The van der Waals surface area contributed by atoms with Gasteiger partial charge in [0.1, 0.15) is 5.72 Å². The number of hydrogen-bond donors (Lipinski definition) is 3. The minimum atomic E-state index is -0.539. The molecular weight excluding hydrogens is 104 g/mol. The summed E-state index contributed by atoms with van der Waals surface area (Å²) in [7, 11) is 0. The molecule has 8 heavy (non-hydrogen) atoms. The van der Waals surface area contributed by atoms with E-state index in [0.717, 1.165) is 13.0 Å². The fraction of sp³-hybridized carbons (Fsp3) is 1.00. The van der Waals surface area contributed by atoms with Crippen LogP contribution < -0.4 is 10.6 Å². The van der Waals surface area contributed by atoms with Gasteiger partial charge in [0.05, 0.1) is 0 Å². The van der Waals surface area contributed by atoms with Gasteiger partial charge in [-0.1, -0.05) is 0 Å². The number of nitrogens with one attached hydrogen (secondary N) is 2. The topological polar surface area (TPSA) is 44.3 Å². The summed E-state index contributed by atoms with van der Waals surface area (Å²) >= 11 is 0. The van der Waals surface area contributed by atoms with Crippen LogP contribution in [0.25, 0.3) is 0 Å². The predicted molar refractivity (Wildman–Crippen MR) is 29.4 cm³/mol. The highest BCUT2D eigenvalue weighted by Gasteiger charge is 2.44. The number of rotatable bonds is 0. The van der Waals surface area contributed by atoms with E-state index < -0.39 is 5.72 Å². The maximum Gasteiger partial charge on any atom is 0.130 e. The van der Waals surface area contributed by atoms with E-state index in [-0.39, 0.29) is 0 Å². The molecule has 0 aromatic heterocycles. The molecule has 3 heterocycles. The van der Waals surface area contributed by atoms with Crippen molar-refractivity contribution < 1.29 is 5.11 Å². The van der Waals surface area contributed by atoms with Crippen molar-refractivity contribution in [2.75, 3.05) is 13.1 Å². The van der Waals surface area contributed by atoms with E-state index in [0.29, 0.717) is 12.6 Å². The Morgan fingerprint density at radius 3 is 2.62 bits per heavy atom. The molecule has 3 heteroatoms. The first-order valence-corrected chi connectivity index (χ1v) is 2.99. The largest absolute Gasteiger partial charge is 0.374 e. The van der Waals surface area contributed by atoms with E-state index in [2.05, 4.69) is 10.6 Å². The lowest BCUT2D eigenvalue weighted by Gasteiger charge is -2.50. The molecule has 0 saturated carbocycles. The van der Waals surface area contributed by atoms with Gasteiger partial charge in [0.25, 0.3) is 0 Å². The Bertz CT molecular complexity index is 103. The molecule has 3 N–H and O–H groups in total. The highest BCUT2D eigenvalue weighted by atomic mass is 16.3. The Balaban J connectivity index is 2.06. The third-order valence-corrected chi connectivity index (χ3v) is 1.87. The lowest BCUT2D eigenvalue weighted by molar-refractivity contribution is -0.104. The summed E-state index contributed by atoms with van der Waals surface area (Å²) < 4.78 is 0. The molecule has 0 aliphatic carbocycles. The van der Waals surface area contributed by atoms with Gasteiger partial charge in [-0.15, -0.1) is 0 Å². The van der Waals surface area contributed by atoms with E-state index in [1.54, 1.807) is 0 Å². The molecule has 0 aromatic rings. The predicted octanol–water partition coefficient (Wildman–Crippen LogP) is -1.36. The average Bonchev–Trinajstić information content (AvgIpc) is 1.63. The van der Waals surface area contributed by atoms with Gasteiger partial charge < -0.3 is 10.4 Å². The highest BCUT2D eigenvalue weighted by Crippen LogP contribution is 2.23. The molecule has 2 bridgehead atoms. The first-order chi connectivity index (χ1) is 3.79. The van der Waals surface area contributed by atoms with Crippen molar-refractivity contribution in [2.45, 2.75) is 18.2 Å². The summed E-state index contributed by atoms with van der Waals surface area (Å²) in [6, 6.07) is 0.536. The number of piperidine rings is 1. The van der Waals surface area contributed by atoms with Gasteiger partial charge in [-0.2, -0.15) is 0 Å². The summed E-state index contributed by atoms with van der Waals surface area (Å²) in [4.78, 5) is 0. The Kier molecular flexibility index (Phi) is 0.730. The summed E-state index contributed by atoms with van der Waals surface area (Å²) in [5.74, 6) is 0. The quantitative estimate of drug-likeness (QED) is 0.364. The minimum absolute atomic E-state index is 0.536. The van der Waals surface area contributed by atoms with Gasteiger partial charge in [-0.3, -0.25) is 5.32 Å². The average molecular weight is 114 g/mol. The van der Waals surface area contributed by atoms with Gasteiger partial charge >= 0.3 is 0 Å². The first kappa shape index (κ1) is 4.73. The SMILES string of the molecule is OC12CNCC(C1)N2. The van der Waals surface area contributed by atoms with Crippen LogP contribution >= 0.6 is 0 Å². The van der Waals surface area contributed by atoms with Gasteiger partial charge in [-0.25, -0.2) is 0 Å². The second-order valence-corrected chi connectivity index (χ2v) is 2.71. The molecule has 2 atom stereocenters. The molecule has 3 nitrogen and oxygen atoms in total. The van der Waals surface area contributed by atoms with Crippen molar-refractivity contribution >= 4 is 0 Å². The molecular formula is C5H10N2O. The molecule has 0 amide bonds. The molecule has 46 valence electrons. The number of aliphatic hydroxyl groups is 1. The smallest absolute Gasteiger partial charge is 0.130 e. The van der Waals surface area contributed by atoms with Crippen molar-refractivity contribution in [3.8, 4) is 0 Å². The van der Waals surface area contributed by atoms with Crippen molar-refractivity contribution in [3.05, 3.63) is 0 Å². The molecule has 3 rings (SSSR count). The third kappa shape index (κ3) is 0.491. The summed E-state index contributed by atoms with van der Waals surface area (Å²) in [6.45, 7) is 1.73. The van der Waals surface area contributed by atoms with Crippen LogP contribution in [0.1, 0.15) is 6.42 Å². The highest BCUT2D eigenvalue weighted by molar-refractivity contribution is 5.01. The second-order valence-electron chi connectivity index (χ2n) is 2.71. The van der Waals surface area contributed by atoms with E-state index >= 15 is 0 Å². The Morgan fingerprint density at radius 1 is 1.62 bits per heavy atom. The molecule has 2 unspecified atom stereocenters. The molecule has 3 aliphatic rings. The van der Waals surface area contributed by atoms with E-state index in [1.807, 2.05) is 0 Å². The normalized spacial score (nSPS) is 52.9. The molecule has 0 spiro atoms. The summed E-state index contributed by atoms with van der Waals surface area (Å²) in [6.07, 6.45) is 0.931. The number of piperazine rings is 1. The minimum Gasteiger partial charge on any atom is -0.374 e. The maximum atomic E-state index is 9.27. The Hall–Kier alpha value is -0.120. The van der Waals surface area contributed by atoms with E-state index in [9.17, 15) is 5.11 Å². The zero-order valence-corrected chi connectivity index (χ0v) is 4.65. The molecule has 0 aromatic carbocycles. The fourth-order valence-corrected chi connectivity index (χ4v) is 1.47. The zero-order chi connectivity index (χ0) is 5.61. The standard InChI is InChI=1S/C5H10N2O/c8-5-1-4(7-5)2-6-3-5/h4,6-8H,1-3H2. The Labute approximate surface area is 48.1 Å². The van der Waals surface area contributed by atoms with Gasteiger partial charge in [0.15, 0.2) is 0 Å². The first-order valence-electron chi connectivity index (χ1n) is 2.99. The van der Waals surface area contributed by atoms with Crippen LogP contribution in [0.4, 0.5) is 0 Å². The maximum absolute atomic E-state index is 9.27. The van der Waals surface area contributed by atoms with Gasteiger partial charge in [0, 0.05) is 25.6 Å². The molecule has 3 fully saturated rings. The van der Waals surface area contributed by atoms with Crippen molar-refractivity contribution in [2.24, 2.45) is 0 Å². The van der Waals surface area contributed by atoms with Gasteiger partial charge in [-0.05, 0) is 0 Å². The summed E-state index contributed by atoms with van der Waals surface area (Å²) in [5.41, 5.74) is -0.539. The van der Waals surface area contributed by atoms with Crippen LogP contribution in [0.2, 0.25) is 0 Å². The number of hydrogen-bond acceptors (Lipinski definition) is 3.